The quantitative estimate of drug-likeness (QED) is 0.782. The van der Waals surface area contributed by atoms with Crippen LogP contribution in [0.15, 0.2) is 55.0 Å². The maximum atomic E-state index is 10.4. The van der Waals surface area contributed by atoms with Gasteiger partial charge in [0.05, 0.1) is 17.6 Å². The fraction of sp³-hybridized carbons (Fsp3) is 0.250. The van der Waals surface area contributed by atoms with E-state index in [0.717, 1.165) is 24.2 Å². The van der Waals surface area contributed by atoms with Crippen LogP contribution in [0, 0.1) is 0 Å². The minimum atomic E-state index is -0.749. The lowest BCUT2D eigenvalue weighted by Gasteiger charge is -2.05. The SMILES string of the molecule is CCCn1cc(C(O)c2ccn(-c3ccccc3)n2)cn1. The van der Waals surface area contributed by atoms with E-state index in [2.05, 4.69) is 17.1 Å². The molecule has 0 aliphatic heterocycles. The van der Waals surface area contributed by atoms with Crippen LogP contribution >= 0.6 is 0 Å². The number of aliphatic hydroxyl groups is 1. The number of rotatable bonds is 5. The number of para-hydroxylation sites is 1. The molecule has 21 heavy (non-hydrogen) atoms. The summed E-state index contributed by atoms with van der Waals surface area (Å²) in [6.45, 7) is 2.95. The Labute approximate surface area is 123 Å². The highest BCUT2D eigenvalue weighted by Crippen LogP contribution is 2.20. The van der Waals surface area contributed by atoms with Gasteiger partial charge in [-0.15, -0.1) is 0 Å². The maximum absolute atomic E-state index is 10.4. The Kier molecular flexibility index (Phi) is 3.83. The van der Waals surface area contributed by atoms with Gasteiger partial charge in [-0.05, 0) is 24.6 Å². The molecule has 0 aliphatic rings. The highest BCUT2D eigenvalue weighted by molar-refractivity contribution is 5.31. The molecule has 1 unspecified atom stereocenters. The lowest BCUT2D eigenvalue weighted by molar-refractivity contribution is 0.214. The normalized spacial score (nSPS) is 12.5. The summed E-state index contributed by atoms with van der Waals surface area (Å²) in [4.78, 5) is 0. The zero-order valence-corrected chi connectivity index (χ0v) is 11.9. The molecule has 0 amide bonds. The van der Waals surface area contributed by atoms with Crippen LogP contribution in [0.1, 0.15) is 30.7 Å². The first-order chi connectivity index (χ1) is 10.3. The summed E-state index contributed by atoms with van der Waals surface area (Å²) in [5, 5.41) is 19.1. The van der Waals surface area contributed by atoms with Crippen molar-refractivity contribution in [2.75, 3.05) is 0 Å². The van der Waals surface area contributed by atoms with Crippen molar-refractivity contribution in [3.63, 3.8) is 0 Å². The van der Waals surface area contributed by atoms with E-state index in [1.165, 1.54) is 0 Å². The summed E-state index contributed by atoms with van der Waals surface area (Å²) in [5.74, 6) is 0. The Bertz CT molecular complexity index is 702. The van der Waals surface area contributed by atoms with E-state index in [1.54, 1.807) is 10.9 Å². The van der Waals surface area contributed by atoms with Crippen LogP contribution in [0.2, 0.25) is 0 Å². The van der Waals surface area contributed by atoms with E-state index in [1.807, 2.05) is 53.5 Å². The predicted octanol–water partition coefficient (Wildman–Crippen LogP) is 2.56. The summed E-state index contributed by atoms with van der Waals surface area (Å²) in [6, 6.07) is 11.7. The molecule has 3 aromatic rings. The third kappa shape index (κ3) is 2.87. The maximum Gasteiger partial charge on any atom is 0.126 e. The van der Waals surface area contributed by atoms with Gasteiger partial charge >= 0.3 is 0 Å². The molecule has 5 heteroatoms. The number of aromatic nitrogens is 4. The second kappa shape index (κ2) is 5.93. The number of nitrogens with zero attached hydrogens (tertiary/aromatic N) is 4. The largest absolute Gasteiger partial charge is 0.382 e. The van der Waals surface area contributed by atoms with E-state index in [0.29, 0.717) is 5.69 Å². The van der Waals surface area contributed by atoms with Crippen LogP contribution in [0.4, 0.5) is 0 Å². The fourth-order valence-corrected chi connectivity index (χ4v) is 2.25. The third-order valence-corrected chi connectivity index (χ3v) is 3.33. The van der Waals surface area contributed by atoms with Gasteiger partial charge in [-0.3, -0.25) is 4.68 Å². The number of aryl methyl sites for hydroxylation is 1. The van der Waals surface area contributed by atoms with Crippen molar-refractivity contribution in [3.05, 3.63) is 66.2 Å². The Hall–Kier alpha value is -2.40. The molecular weight excluding hydrogens is 264 g/mol. The number of benzene rings is 1. The van der Waals surface area contributed by atoms with Gasteiger partial charge in [0, 0.05) is 24.5 Å². The highest BCUT2D eigenvalue weighted by Gasteiger charge is 2.15. The van der Waals surface area contributed by atoms with Crippen molar-refractivity contribution in [2.45, 2.75) is 26.0 Å². The van der Waals surface area contributed by atoms with Crippen LogP contribution < -0.4 is 0 Å². The summed E-state index contributed by atoms with van der Waals surface area (Å²) in [6.07, 6.45) is 5.68. The molecule has 0 spiro atoms. The molecule has 0 saturated heterocycles. The molecule has 0 radical (unpaired) electrons. The van der Waals surface area contributed by atoms with Gasteiger partial charge < -0.3 is 5.11 Å². The Balaban J connectivity index is 1.82. The minimum Gasteiger partial charge on any atom is -0.382 e. The molecule has 1 aromatic carbocycles. The van der Waals surface area contributed by atoms with Crippen LogP contribution in [-0.4, -0.2) is 24.7 Å². The Morgan fingerprint density at radius 3 is 2.76 bits per heavy atom. The molecule has 2 heterocycles. The average Bonchev–Trinajstić information content (AvgIpc) is 3.17. The number of hydrogen-bond acceptors (Lipinski definition) is 3. The second-order valence-electron chi connectivity index (χ2n) is 4.96. The summed E-state index contributed by atoms with van der Waals surface area (Å²) < 4.78 is 3.60. The standard InChI is InChI=1S/C16H18N4O/c1-2-9-19-12-13(11-17-19)16(21)15-8-10-20(18-15)14-6-4-3-5-7-14/h3-8,10-12,16,21H,2,9H2,1H3. The van der Waals surface area contributed by atoms with Crippen LogP contribution in [0.3, 0.4) is 0 Å². The first-order valence-electron chi connectivity index (χ1n) is 7.09. The van der Waals surface area contributed by atoms with Gasteiger partial charge in [0.2, 0.25) is 0 Å². The molecule has 3 rings (SSSR count). The molecule has 1 atom stereocenters. The zero-order chi connectivity index (χ0) is 14.7. The van der Waals surface area contributed by atoms with Gasteiger partial charge in [-0.25, -0.2) is 4.68 Å². The zero-order valence-electron chi connectivity index (χ0n) is 11.9. The van der Waals surface area contributed by atoms with Crippen LogP contribution in [-0.2, 0) is 6.54 Å². The summed E-state index contributed by atoms with van der Waals surface area (Å²) >= 11 is 0. The molecule has 108 valence electrons. The van der Waals surface area contributed by atoms with Crippen molar-refractivity contribution >= 4 is 0 Å². The number of aliphatic hydroxyl groups excluding tert-OH is 1. The smallest absolute Gasteiger partial charge is 0.126 e. The van der Waals surface area contributed by atoms with Crippen molar-refractivity contribution in [2.24, 2.45) is 0 Å². The average molecular weight is 282 g/mol. The monoisotopic (exact) mass is 282 g/mol. The minimum absolute atomic E-state index is 0.620. The van der Waals surface area contributed by atoms with E-state index in [9.17, 15) is 5.11 Å². The second-order valence-corrected chi connectivity index (χ2v) is 4.96. The Morgan fingerprint density at radius 2 is 2.00 bits per heavy atom. The van der Waals surface area contributed by atoms with Gasteiger partial charge in [-0.2, -0.15) is 10.2 Å². The molecule has 0 fully saturated rings. The first kappa shape index (κ1) is 13.6. The molecule has 5 nitrogen and oxygen atoms in total. The Morgan fingerprint density at radius 1 is 1.19 bits per heavy atom. The van der Waals surface area contributed by atoms with Gasteiger partial charge in [-0.1, -0.05) is 25.1 Å². The van der Waals surface area contributed by atoms with E-state index in [4.69, 9.17) is 0 Å². The molecule has 0 saturated carbocycles. The molecular formula is C16H18N4O. The molecule has 0 aliphatic carbocycles. The first-order valence-corrected chi connectivity index (χ1v) is 7.09. The molecule has 1 N–H and O–H groups in total. The van der Waals surface area contributed by atoms with E-state index < -0.39 is 6.10 Å². The van der Waals surface area contributed by atoms with Crippen LogP contribution in [0.25, 0.3) is 5.69 Å². The fourth-order valence-electron chi connectivity index (χ4n) is 2.25. The lowest BCUT2D eigenvalue weighted by atomic mass is 10.1. The molecule has 2 aromatic heterocycles. The number of hydrogen-bond donors (Lipinski definition) is 1. The van der Waals surface area contributed by atoms with E-state index in [-0.39, 0.29) is 0 Å². The summed E-state index contributed by atoms with van der Waals surface area (Å²) in [5.41, 5.74) is 2.36. The van der Waals surface area contributed by atoms with E-state index >= 15 is 0 Å². The lowest BCUT2D eigenvalue weighted by Crippen LogP contribution is -2.02. The topological polar surface area (TPSA) is 55.9 Å². The van der Waals surface area contributed by atoms with Gasteiger partial charge in [0.15, 0.2) is 0 Å². The van der Waals surface area contributed by atoms with Crippen LogP contribution in [0.5, 0.6) is 0 Å². The van der Waals surface area contributed by atoms with Crippen molar-refractivity contribution in [1.82, 2.24) is 19.6 Å². The summed E-state index contributed by atoms with van der Waals surface area (Å²) in [7, 11) is 0. The third-order valence-electron chi connectivity index (χ3n) is 3.33. The molecule has 0 bridgehead atoms. The van der Waals surface area contributed by atoms with Gasteiger partial charge in [0.1, 0.15) is 6.10 Å². The van der Waals surface area contributed by atoms with Crippen molar-refractivity contribution in [3.8, 4) is 5.69 Å². The highest BCUT2D eigenvalue weighted by atomic mass is 16.3. The van der Waals surface area contributed by atoms with Crippen molar-refractivity contribution in [1.29, 1.82) is 0 Å². The van der Waals surface area contributed by atoms with Crippen molar-refractivity contribution < 1.29 is 5.11 Å². The predicted molar refractivity (Wildman–Crippen MR) is 80.1 cm³/mol. The van der Waals surface area contributed by atoms with Gasteiger partial charge in [0.25, 0.3) is 0 Å².